The molecule has 16 rings (SSSR count). The van der Waals surface area contributed by atoms with Gasteiger partial charge < -0.3 is 85.9 Å². The molecule has 32 nitrogen and oxygen atoms in total. The molecule has 0 bridgehead atoms. The first kappa shape index (κ1) is 86.7. The lowest BCUT2D eigenvalue weighted by atomic mass is 9.99. The lowest BCUT2D eigenvalue weighted by molar-refractivity contribution is -0.916. The number of imide groups is 1. The van der Waals surface area contributed by atoms with E-state index in [1.165, 1.54) is 65.3 Å². The van der Waals surface area contributed by atoms with Crippen LogP contribution in [0.2, 0.25) is 0 Å². The molecule has 4 N–H and O–H groups in total. The number of thiophene rings is 2. The Morgan fingerprint density at radius 3 is 1.85 bits per heavy atom. The summed E-state index contributed by atoms with van der Waals surface area (Å²) in [6, 6.07) is 26.6. The summed E-state index contributed by atoms with van der Waals surface area (Å²) in [5.74, 6) is -0.164. The number of hydrogen-bond acceptors (Lipinski definition) is 29. The van der Waals surface area contributed by atoms with Gasteiger partial charge >= 0.3 is 16.4 Å². The number of methoxy groups -OCH3 is 2. The highest BCUT2D eigenvalue weighted by Gasteiger charge is 2.51. The van der Waals surface area contributed by atoms with Crippen LogP contribution in [0.5, 0.6) is 40.2 Å². The number of fused-ring (bicyclic) bond motifs is 8. The zero-order valence-electron chi connectivity index (χ0n) is 69.3. The highest BCUT2D eigenvalue weighted by atomic mass is 32.3. The topological polar surface area (TPSA) is 378 Å². The summed E-state index contributed by atoms with van der Waals surface area (Å²) in [6.07, 6.45) is 3.11. The van der Waals surface area contributed by atoms with E-state index >= 15 is 0 Å². The molecule has 8 aromatic rings. The average Bonchev–Trinajstić information content (AvgIpc) is 1.58. The van der Waals surface area contributed by atoms with Crippen molar-refractivity contribution in [1.29, 1.82) is 0 Å². The van der Waals surface area contributed by atoms with Crippen LogP contribution in [0.1, 0.15) is 124 Å². The van der Waals surface area contributed by atoms with Crippen LogP contribution in [0.25, 0.3) is 0 Å². The zero-order valence-corrected chi connectivity index (χ0v) is 71.7. The van der Waals surface area contributed by atoms with E-state index in [0.29, 0.717) is 140 Å². The molecule has 3 aromatic heterocycles. The fourth-order valence-electron chi connectivity index (χ4n) is 17.3. The van der Waals surface area contributed by atoms with Gasteiger partial charge in [0.05, 0.1) is 94.0 Å². The third kappa shape index (κ3) is 19.8. The minimum atomic E-state index is -5.07. The van der Waals surface area contributed by atoms with E-state index in [4.69, 9.17) is 56.2 Å². The molecule has 0 spiro atoms. The molecule has 6 aliphatic heterocycles. The van der Waals surface area contributed by atoms with Crippen molar-refractivity contribution in [3.63, 3.8) is 0 Å². The fourth-order valence-corrected chi connectivity index (χ4v) is 20.0. The molecule has 8 aliphatic rings. The summed E-state index contributed by atoms with van der Waals surface area (Å²) in [7, 11) is 4.00. The Bertz CT molecular complexity index is 5380. The first-order chi connectivity index (χ1) is 59.8. The third-order valence-electron chi connectivity index (χ3n) is 24.0. The molecule has 5 aromatic carbocycles. The number of esters is 1. The maximum absolute atomic E-state index is 14.2. The van der Waals surface area contributed by atoms with E-state index in [1.807, 2.05) is 77.0 Å². The first-order valence-electron chi connectivity index (χ1n) is 41.5. The number of benzene rings is 5. The van der Waals surface area contributed by atoms with Gasteiger partial charge in [-0.1, -0.05) is 5.21 Å². The number of ether oxygens (including phenoxy) is 8. The average molecular weight is 1760 g/mol. The van der Waals surface area contributed by atoms with Gasteiger partial charge in [-0.15, -0.1) is 36.2 Å². The maximum atomic E-state index is 14.2. The molecule has 0 radical (unpaired) electrons. The highest BCUT2D eigenvalue weighted by Crippen LogP contribution is 2.53. The number of hydrogen-bond donors (Lipinski definition) is 4. The predicted molar refractivity (Wildman–Crippen MR) is 453 cm³/mol. The molecule has 124 heavy (non-hydrogen) atoms. The Kier molecular flexibility index (Phi) is 26.2. The van der Waals surface area contributed by atoms with Gasteiger partial charge in [-0.3, -0.25) is 43.7 Å². The van der Waals surface area contributed by atoms with Crippen molar-refractivity contribution in [2.24, 2.45) is 27.7 Å². The van der Waals surface area contributed by atoms with Crippen molar-refractivity contribution >= 4 is 92.3 Å². The molecule has 9 heterocycles. The van der Waals surface area contributed by atoms with Crippen LogP contribution in [0.15, 0.2) is 130 Å². The molecular formula is C89H99N10O22S3+. The molecule has 2 aliphatic carbocycles. The van der Waals surface area contributed by atoms with Crippen molar-refractivity contribution < 1.29 is 108 Å². The second kappa shape index (κ2) is 37.5. The lowest BCUT2D eigenvalue weighted by Crippen LogP contribution is -2.60. The Hall–Kier alpha value is -10.8. The minimum absolute atomic E-state index is 0.00333. The van der Waals surface area contributed by atoms with Gasteiger partial charge in [0.1, 0.15) is 56.5 Å². The zero-order chi connectivity index (χ0) is 86.7. The van der Waals surface area contributed by atoms with Crippen LogP contribution in [0.4, 0.5) is 11.4 Å². The Morgan fingerprint density at radius 2 is 1.23 bits per heavy atom. The summed E-state index contributed by atoms with van der Waals surface area (Å²) < 4.78 is 89.5. The summed E-state index contributed by atoms with van der Waals surface area (Å²) in [4.78, 5) is 98.3. The van der Waals surface area contributed by atoms with Crippen LogP contribution in [-0.4, -0.2) is 240 Å². The number of quaternary nitrogens is 1. The van der Waals surface area contributed by atoms with Gasteiger partial charge in [0, 0.05) is 135 Å². The number of aryl methyl sites for hydroxylation is 1. The normalized spacial score (nSPS) is 21.8. The van der Waals surface area contributed by atoms with E-state index < -0.39 is 59.2 Å². The largest absolute Gasteiger partial charge is 0.501 e. The number of rotatable bonds is 36. The van der Waals surface area contributed by atoms with Gasteiger partial charge in [-0.05, 0) is 181 Å². The molecule has 2 fully saturated rings. The van der Waals surface area contributed by atoms with Crippen molar-refractivity contribution in [1.82, 2.24) is 34.6 Å². The molecule has 654 valence electrons. The van der Waals surface area contributed by atoms with Gasteiger partial charge in [-0.2, -0.15) is 0 Å². The number of carbonyl (C=O) groups is 6. The SMILES string of the molecule is COc1cc2c(cc1OCc1cc(COc3cc4c(cc3OC)C(=O)N3Cc5ccsc5C[C@H]3C=N4)cc(C[N+](C)(C)Cc3ccc(OS(=O)(=O)Oc4cc(C(=O)CCCOCCCC(=O)OCC5[C@H]6CCc7c(nnn7CCN(C)CCN7C(=O)C=CC7=O)CC[C@@H]56)ccc4OC4O[C@H](CO)[C@H](O)[C@H](O)[C@H]4O)cc3)c1)N=C[C@@H]1Cc3sccc3CN1C2=O. The number of amides is 4. The number of aliphatic imine (C=N–C) groups is 2. The van der Waals surface area contributed by atoms with Gasteiger partial charge in [0.2, 0.25) is 6.29 Å². The van der Waals surface area contributed by atoms with Crippen LogP contribution in [0.3, 0.4) is 0 Å². The first-order valence-corrected chi connectivity index (χ1v) is 44.6. The third-order valence-corrected chi connectivity index (χ3v) is 26.8. The number of ketones is 1. The number of aromatic nitrogens is 3. The second-order valence-electron chi connectivity index (χ2n) is 33.1. The van der Waals surface area contributed by atoms with Crippen molar-refractivity contribution in [2.75, 3.05) is 81.4 Å². The maximum Gasteiger partial charge on any atom is 0.501 e. The number of likely N-dealkylation sites (N-methyl/N-ethyl adjacent to an activating group) is 1. The molecule has 4 amide bonds. The number of aliphatic hydroxyl groups excluding tert-OH is 4. The van der Waals surface area contributed by atoms with Gasteiger partial charge in [0.15, 0.2) is 40.3 Å². The van der Waals surface area contributed by atoms with E-state index in [0.717, 1.165) is 76.5 Å². The predicted octanol–water partition coefficient (Wildman–Crippen LogP) is 8.40. The lowest BCUT2D eigenvalue weighted by Gasteiger charge is -2.39. The minimum Gasteiger partial charge on any atom is -0.493 e. The summed E-state index contributed by atoms with van der Waals surface area (Å²) in [5, 5.41) is 55.1. The van der Waals surface area contributed by atoms with Crippen LogP contribution >= 0.6 is 22.7 Å². The van der Waals surface area contributed by atoms with E-state index in [1.54, 1.807) is 59.1 Å². The standard InChI is InChI=1S/C89H99N10O22S3/c1-94(24-26-95-81(102)20-21-82(95)103)25-27-98-70-18-16-63-62(15-17-67(70)92-93-98)66(63)51-117-83(104)9-7-29-114-28-6-8-71(101)56-12-19-72(118-89-86(107)85(106)84(105)78(48-100)119-89)77(35-56)121-124(110,111)120-61-13-10-52(11-14-61)46-99(2,3)47-53-32-54(49-115-75-40-68-64(38-73(75)112-4)87(108)96-44-57-22-30-122-79(57)36-59(96)42-90-68)34-55(33-53)50-116-76-41-69-65(39-74(76)113-5)88(109)97-45-58-23-31-123-80(58)37-60(97)43-91-69/h10-14,19-23,30-35,38-43,59-60,62-63,66,78,84-86,89,100,105-107H,6-9,15-18,24-29,36-37,44-51H2,1-5H3/q+1/t59-,60-,62+,63-,66?,78+,84-,85-,86+,89?/m0/s1. The molecule has 10 atom stereocenters. The smallest absolute Gasteiger partial charge is 0.493 e. The van der Waals surface area contributed by atoms with E-state index in [2.05, 4.69) is 27.3 Å². The fraction of sp³-hybridized carbons (Fsp3) is 0.438. The van der Waals surface area contributed by atoms with Crippen LogP contribution in [0, 0.1) is 17.8 Å². The molecule has 35 heteroatoms. The number of carbonyl (C=O) groups excluding carboxylic acids is 6. The van der Waals surface area contributed by atoms with Gasteiger partial charge in [0.25, 0.3) is 23.6 Å². The monoisotopic (exact) mass is 1760 g/mol. The van der Waals surface area contributed by atoms with Gasteiger partial charge in [-0.25, -0.2) is 4.68 Å². The molecular weight excluding hydrogens is 1660 g/mol. The van der Waals surface area contributed by atoms with Crippen LogP contribution < -0.4 is 32.1 Å². The summed E-state index contributed by atoms with van der Waals surface area (Å²) in [5.41, 5.74) is 9.31. The number of nitrogens with zero attached hydrogens (tertiary/aromatic N) is 10. The number of aliphatic hydroxyl groups is 4. The molecule has 1 saturated carbocycles. The highest BCUT2D eigenvalue weighted by molar-refractivity contribution is 7.82. The Morgan fingerprint density at radius 1 is 0.645 bits per heavy atom. The summed E-state index contributed by atoms with van der Waals surface area (Å²) >= 11 is 3.35. The number of Topliss-reactive ketones (excluding diaryl/α,β-unsaturated/α-hetero) is 1. The summed E-state index contributed by atoms with van der Waals surface area (Å²) in [6.45, 7) is 4.02. The quantitative estimate of drug-likeness (QED) is 0.00940. The van der Waals surface area contributed by atoms with Crippen molar-refractivity contribution in [2.45, 2.75) is 153 Å². The van der Waals surface area contributed by atoms with Crippen molar-refractivity contribution in [3.8, 4) is 40.2 Å². The van der Waals surface area contributed by atoms with Crippen molar-refractivity contribution in [3.05, 3.63) is 191 Å². The van der Waals surface area contributed by atoms with E-state index in [-0.39, 0.29) is 110 Å². The Balaban J connectivity index is 0.539. The second-order valence-corrected chi connectivity index (χ2v) is 36.2. The Labute approximate surface area is 724 Å². The molecule has 1 saturated heterocycles. The van der Waals surface area contributed by atoms with E-state index in [9.17, 15) is 57.6 Å². The molecule has 2 unspecified atom stereocenters. The van der Waals surface area contributed by atoms with Crippen LogP contribution in [-0.2, 0) is 111 Å².